The molecule has 1 fully saturated rings. The number of rotatable bonds is 7. The van der Waals surface area contributed by atoms with Gasteiger partial charge in [0.25, 0.3) is 0 Å². The molecule has 1 heterocycles. The molecule has 0 radical (unpaired) electrons. The van der Waals surface area contributed by atoms with Crippen molar-refractivity contribution in [3.05, 3.63) is 24.3 Å². The minimum Gasteiger partial charge on any atom is -0.385 e. The summed E-state index contributed by atoms with van der Waals surface area (Å²) in [4.78, 5) is 2.51. The zero-order valence-electron chi connectivity index (χ0n) is 12.0. The maximum atomic E-state index is 3.51. The van der Waals surface area contributed by atoms with Gasteiger partial charge in [0, 0.05) is 31.0 Å². The predicted molar refractivity (Wildman–Crippen MR) is 88.6 cm³/mol. The summed E-state index contributed by atoms with van der Waals surface area (Å²) >= 11 is 1.93. The van der Waals surface area contributed by atoms with Crippen LogP contribution in [-0.2, 0) is 0 Å². The van der Waals surface area contributed by atoms with E-state index >= 15 is 0 Å². The van der Waals surface area contributed by atoms with E-state index in [0.29, 0.717) is 0 Å². The normalized spacial score (nSPS) is 15.5. The second kappa shape index (κ2) is 8.36. The van der Waals surface area contributed by atoms with Gasteiger partial charge < -0.3 is 10.2 Å². The number of anilines is 2. The summed E-state index contributed by atoms with van der Waals surface area (Å²) in [6, 6.07) is 8.96. The molecule has 0 aromatic heterocycles. The molecule has 0 amide bonds. The third-order valence-corrected chi connectivity index (χ3v) is 4.39. The number of hydrogen-bond acceptors (Lipinski definition) is 3. The van der Waals surface area contributed by atoms with Crippen LogP contribution >= 0.6 is 11.8 Å². The molecule has 1 aliphatic rings. The van der Waals surface area contributed by atoms with Gasteiger partial charge in [-0.15, -0.1) is 0 Å². The average molecular weight is 278 g/mol. The smallest absolute Gasteiger partial charge is 0.0367 e. The first kappa shape index (κ1) is 14.6. The third-order valence-electron chi connectivity index (χ3n) is 3.69. The topological polar surface area (TPSA) is 15.3 Å². The highest BCUT2D eigenvalue weighted by Gasteiger charge is 2.10. The summed E-state index contributed by atoms with van der Waals surface area (Å²) in [7, 11) is 0. The minimum atomic E-state index is 1.09. The van der Waals surface area contributed by atoms with Gasteiger partial charge >= 0.3 is 0 Å². The van der Waals surface area contributed by atoms with Gasteiger partial charge in [0.1, 0.15) is 0 Å². The van der Waals surface area contributed by atoms with Crippen LogP contribution in [0.1, 0.15) is 32.1 Å². The van der Waals surface area contributed by atoms with E-state index in [0.717, 1.165) is 6.54 Å². The number of piperidine rings is 1. The molecule has 1 aromatic carbocycles. The molecular weight excluding hydrogens is 252 g/mol. The Hall–Kier alpha value is -0.830. The van der Waals surface area contributed by atoms with Crippen molar-refractivity contribution in [1.82, 2.24) is 0 Å². The van der Waals surface area contributed by atoms with Crippen LogP contribution < -0.4 is 10.2 Å². The van der Waals surface area contributed by atoms with Crippen molar-refractivity contribution in [2.75, 3.05) is 41.9 Å². The number of nitrogens with one attached hydrogen (secondary N) is 1. The van der Waals surface area contributed by atoms with Gasteiger partial charge in [-0.1, -0.05) is 0 Å². The molecule has 106 valence electrons. The maximum Gasteiger partial charge on any atom is 0.0367 e. The van der Waals surface area contributed by atoms with E-state index in [1.54, 1.807) is 0 Å². The van der Waals surface area contributed by atoms with Crippen molar-refractivity contribution >= 4 is 23.1 Å². The predicted octanol–water partition coefficient (Wildman–Crippen LogP) is 4.23. The van der Waals surface area contributed by atoms with Crippen molar-refractivity contribution in [2.45, 2.75) is 32.1 Å². The lowest BCUT2D eigenvalue weighted by molar-refractivity contribution is 0.578. The van der Waals surface area contributed by atoms with Crippen LogP contribution in [0.5, 0.6) is 0 Å². The maximum absolute atomic E-state index is 3.51. The highest BCUT2D eigenvalue weighted by atomic mass is 32.2. The Morgan fingerprint density at radius 2 is 1.79 bits per heavy atom. The lowest BCUT2D eigenvalue weighted by atomic mass is 10.1. The molecule has 0 atom stereocenters. The molecule has 1 aromatic rings. The summed E-state index contributed by atoms with van der Waals surface area (Å²) in [5, 5.41) is 3.51. The molecule has 1 aliphatic heterocycles. The van der Waals surface area contributed by atoms with Crippen molar-refractivity contribution in [1.29, 1.82) is 0 Å². The fourth-order valence-electron chi connectivity index (χ4n) is 2.55. The van der Waals surface area contributed by atoms with Gasteiger partial charge in [0.2, 0.25) is 0 Å². The van der Waals surface area contributed by atoms with Crippen LogP contribution in [0.4, 0.5) is 11.4 Å². The van der Waals surface area contributed by atoms with Crippen LogP contribution in [0.15, 0.2) is 24.3 Å². The fourth-order valence-corrected chi connectivity index (χ4v) is 3.04. The SMILES string of the molecule is CSCCCCNc1ccc(N2CCCCC2)cc1. The first-order chi connectivity index (χ1) is 9.40. The van der Waals surface area contributed by atoms with E-state index < -0.39 is 0 Å². The molecule has 2 rings (SSSR count). The van der Waals surface area contributed by atoms with E-state index in [1.807, 2.05) is 11.8 Å². The number of benzene rings is 1. The van der Waals surface area contributed by atoms with E-state index in [9.17, 15) is 0 Å². The average Bonchev–Trinajstić information content (AvgIpc) is 2.49. The lowest BCUT2D eigenvalue weighted by Gasteiger charge is -2.28. The van der Waals surface area contributed by atoms with Crippen LogP contribution in [-0.4, -0.2) is 31.6 Å². The molecule has 19 heavy (non-hydrogen) atoms. The monoisotopic (exact) mass is 278 g/mol. The van der Waals surface area contributed by atoms with Gasteiger partial charge in [-0.05, 0) is 68.4 Å². The molecule has 0 bridgehead atoms. The molecule has 0 spiro atoms. The summed E-state index contributed by atoms with van der Waals surface area (Å²) < 4.78 is 0. The van der Waals surface area contributed by atoms with Crippen LogP contribution in [0.25, 0.3) is 0 Å². The second-order valence-electron chi connectivity index (χ2n) is 5.22. The summed E-state index contributed by atoms with van der Waals surface area (Å²) in [5.41, 5.74) is 2.64. The van der Waals surface area contributed by atoms with Gasteiger partial charge in [0.05, 0.1) is 0 Å². The summed E-state index contributed by atoms with van der Waals surface area (Å²) in [5.74, 6) is 1.27. The molecule has 1 saturated heterocycles. The Morgan fingerprint density at radius 1 is 1.05 bits per heavy atom. The summed E-state index contributed by atoms with van der Waals surface area (Å²) in [6.07, 6.45) is 8.82. The first-order valence-corrected chi connectivity index (χ1v) is 8.87. The van der Waals surface area contributed by atoms with Crippen LogP contribution in [0.2, 0.25) is 0 Å². The Bertz CT molecular complexity index is 344. The standard InChI is InChI=1S/C16H26N2S/c1-19-14-6-3-11-17-15-7-9-16(10-8-15)18-12-4-2-5-13-18/h7-10,17H,2-6,11-14H2,1H3. The number of nitrogens with zero attached hydrogens (tertiary/aromatic N) is 1. The third kappa shape index (κ3) is 4.98. The van der Waals surface area contributed by atoms with Crippen molar-refractivity contribution < 1.29 is 0 Å². The van der Waals surface area contributed by atoms with Crippen molar-refractivity contribution in [3.8, 4) is 0 Å². The zero-order chi connectivity index (χ0) is 13.3. The molecular formula is C16H26N2S. The second-order valence-corrected chi connectivity index (χ2v) is 6.21. The Labute approximate surface area is 122 Å². The van der Waals surface area contributed by atoms with Crippen molar-refractivity contribution in [2.24, 2.45) is 0 Å². The van der Waals surface area contributed by atoms with Gasteiger partial charge in [0.15, 0.2) is 0 Å². The number of unbranched alkanes of at least 4 members (excludes halogenated alkanes) is 1. The zero-order valence-corrected chi connectivity index (χ0v) is 12.8. The van der Waals surface area contributed by atoms with E-state index in [-0.39, 0.29) is 0 Å². The summed E-state index contributed by atoms with van der Waals surface area (Å²) in [6.45, 7) is 3.53. The Balaban J connectivity index is 1.74. The first-order valence-electron chi connectivity index (χ1n) is 7.48. The molecule has 2 nitrogen and oxygen atoms in total. The van der Waals surface area contributed by atoms with E-state index in [1.165, 1.54) is 62.3 Å². The van der Waals surface area contributed by atoms with E-state index in [4.69, 9.17) is 0 Å². The fraction of sp³-hybridized carbons (Fsp3) is 0.625. The molecule has 0 aliphatic carbocycles. The van der Waals surface area contributed by atoms with Gasteiger partial charge in [-0.3, -0.25) is 0 Å². The molecule has 0 unspecified atom stereocenters. The largest absolute Gasteiger partial charge is 0.385 e. The minimum absolute atomic E-state index is 1.09. The van der Waals surface area contributed by atoms with Crippen LogP contribution in [0.3, 0.4) is 0 Å². The molecule has 0 saturated carbocycles. The highest BCUT2D eigenvalue weighted by molar-refractivity contribution is 7.98. The highest BCUT2D eigenvalue weighted by Crippen LogP contribution is 2.21. The molecule has 3 heteroatoms. The van der Waals surface area contributed by atoms with E-state index in [2.05, 4.69) is 40.7 Å². The Morgan fingerprint density at radius 3 is 2.47 bits per heavy atom. The van der Waals surface area contributed by atoms with Crippen LogP contribution in [0, 0.1) is 0 Å². The number of thioether (sulfide) groups is 1. The van der Waals surface area contributed by atoms with Gasteiger partial charge in [-0.2, -0.15) is 11.8 Å². The van der Waals surface area contributed by atoms with Gasteiger partial charge in [-0.25, -0.2) is 0 Å². The Kier molecular flexibility index (Phi) is 6.42. The quantitative estimate of drug-likeness (QED) is 0.751. The molecule has 1 N–H and O–H groups in total. The lowest BCUT2D eigenvalue weighted by Crippen LogP contribution is -2.29. The van der Waals surface area contributed by atoms with Crippen molar-refractivity contribution in [3.63, 3.8) is 0 Å². The number of hydrogen-bond donors (Lipinski definition) is 1.